The van der Waals surface area contributed by atoms with E-state index in [1.165, 1.54) is 4.31 Å². The Hall–Kier alpha value is -2.34. The quantitative estimate of drug-likeness (QED) is 0.767. The number of carbonyl (C=O) groups excluding carboxylic acids is 1. The van der Waals surface area contributed by atoms with Crippen molar-refractivity contribution in [2.45, 2.75) is 44.9 Å². The topological polar surface area (TPSA) is 57.7 Å². The van der Waals surface area contributed by atoms with Gasteiger partial charge in [-0.05, 0) is 63.8 Å². The highest BCUT2D eigenvalue weighted by molar-refractivity contribution is 7.92. The molecule has 2 aromatic carbocycles. The highest BCUT2D eigenvalue weighted by atomic mass is 32.2. The number of aryl methyl sites for hydroxylation is 3. The third-order valence-electron chi connectivity index (χ3n) is 5.22. The predicted octanol–water partition coefficient (Wildman–Crippen LogP) is 3.82. The van der Waals surface area contributed by atoms with Gasteiger partial charge in [-0.2, -0.15) is 0 Å². The van der Waals surface area contributed by atoms with Crippen LogP contribution in [0.2, 0.25) is 0 Å². The number of sulfonamides is 1. The van der Waals surface area contributed by atoms with E-state index in [9.17, 15) is 13.2 Å². The number of carbonyl (C=O) groups is 1. The molecule has 0 radical (unpaired) electrons. The van der Waals surface area contributed by atoms with Crippen molar-refractivity contribution < 1.29 is 13.2 Å². The molecule has 0 atom stereocenters. The number of likely N-dealkylation sites (tertiary alicyclic amines) is 1. The van der Waals surface area contributed by atoms with E-state index in [2.05, 4.69) is 0 Å². The minimum atomic E-state index is -3.85. The average molecular weight is 401 g/mol. The van der Waals surface area contributed by atoms with E-state index in [4.69, 9.17) is 0 Å². The zero-order chi connectivity index (χ0) is 20.3. The van der Waals surface area contributed by atoms with Gasteiger partial charge < -0.3 is 4.90 Å². The molecule has 5 nitrogen and oxygen atoms in total. The van der Waals surface area contributed by atoms with Crippen LogP contribution in [0.1, 0.15) is 36.0 Å². The van der Waals surface area contributed by atoms with Gasteiger partial charge in [0, 0.05) is 13.1 Å². The van der Waals surface area contributed by atoms with Crippen LogP contribution in [0.3, 0.4) is 0 Å². The second-order valence-corrected chi connectivity index (χ2v) is 9.42. The van der Waals surface area contributed by atoms with Gasteiger partial charge in [-0.1, -0.05) is 35.4 Å². The zero-order valence-electron chi connectivity index (χ0n) is 16.8. The highest BCUT2D eigenvalue weighted by Gasteiger charge is 2.30. The van der Waals surface area contributed by atoms with Gasteiger partial charge in [0.05, 0.1) is 10.6 Å². The lowest BCUT2D eigenvalue weighted by molar-refractivity contribution is -0.130. The van der Waals surface area contributed by atoms with E-state index in [1.54, 1.807) is 35.2 Å². The molecule has 0 N–H and O–H groups in total. The maximum atomic E-state index is 13.5. The Morgan fingerprint density at radius 3 is 2.14 bits per heavy atom. The summed E-state index contributed by atoms with van der Waals surface area (Å²) in [5.41, 5.74) is 3.43. The lowest BCUT2D eigenvalue weighted by Gasteiger charge is -2.31. The number of rotatable bonds is 5. The smallest absolute Gasteiger partial charge is 0.264 e. The second-order valence-electron chi connectivity index (χ2n) is 7.56. The Morgan fingerprint density at radius 1 is 0.929 bits per heavy atom. The van der Waals surface area contributed by atoms with Crippen LogP contribution >= 0.6 is 0 Å². The van der Waals surface area contributed by atoms with Gasteiger partial charge in [-0.15, -0.1) is 0 Å². The Balaban J connectivity index is 2.00. The number of anilines is 1. The van der Waals surface area contributed by atoms with Crippen molar-refractivity contribution in [1.82, 2.24) is 4.90 Å². The lowest BCUT2D eigenvalue weighted by Crippen LogP contribution is -2.45. The van der Waals surface area contributed by atoms with Crippen molar-refractivity contribution in [3.05, 3.63) is 59.2 Å². The van der Waals surface area contributed by atoms with Crippen LogP contribution in [0, 0.1) is 20.8 Å². The zero-order valence-corrected chi connectivity index (χ0v) is 17.6. The molecule has 0 bridgehead atoms. The van der Waals surface area contributed by atoms with Crippen LogP contribution in [0.5, 0.6) is 0 Å². The molecule has 150 valence electrons. The fourth-order valence-electron chi connectivity index (χ4n) is 3.59. The molecule has 0 spiro atoms. The first-order valence-corrected chi connectivity index (χ1v) is 11.2. The summed E-state index contributed by atoms with van der Waals surface area (Å²) in [4.78, 5) is 14.9. The van der Waals surface area contributed by atoms with Crippen molar-refractivity contribution in [1.29, 1.82) is 0 Å². The summed E-state index contributed by atoms with van der Waals surface area (Å²) in [5, 5.41) is 0. The molecule has 1 heterocycles. The van der Waals surface area contributed by atoms with Crippen molar-refractivity contribution >= 4 is 21.6 Å². The summed E-state index contributed by atoms with van der Waals surface area (Å²) in [6.45, 7) is 6.98. The van der Waals surface area contributed by atoms with Gasteiger partial charge in [0.15, 0.2) is 0 Å². The molecule has 1 aliphatic rings. The monoisotopic (exact) mass is 400 g/mol. The molecule has 0 saturated carbocycles. The van der Waals surface area contributed by atoms with Crippen molar-refractivity contribution in [2.24, 2.45) is 0 Å². The standard InChI is InChI=1S/C22H28N2O3S/c1-17-7-10-20(11-8-17)28(26,27)24(21-12-9-18(2)15-19(21)3)16-22(25)23-13-5-4-6-14-23/h7-12,15H,4-6,13-14,16H2,1-3H3. The number of piperidine rings is 1. The molecule has 3 rings (SSSR count). The maximum Gasteiger partial charge on any atom is 0.264 e. The normalized spacial score (nSPS) is 14.8. The molecule has 6 heteroatoms. The number of nitrogens with zero attached hydrogens (tertiary/aromatic N) is 2. The van der Waals surface area contributed by atoms with E-state index in [0.717, 1.165) is 36.0 Å². The van der Waals surface area contributed by atoms with Crippen LogP contribution in [-0.2, 0) is 14.8 Å². The third kappa shape index (κ3) is 4.38. The molecule has 2 aromatic rings. The van der Waals surface area contributed by atoms with E-state index in [0.29, 0.717) is 18.8 Å². The third-order valence-corrected chi connectivity index (χ3v) is 6.99. The van der Waals surface area contributed by atoms with Gasteiger partial charge in [0.25, 0.3) is 10.0 Å². The van der Waals surface area contributed by atoms with Crippen LogP contribution < -0.4 is 4.31 Å². The minimum Gasteiger partial charge on any atom is -0.341 e. The Bertz CT molecular complexity index is 946. The van der Waals surface area contributed by atoms with E-state index in [-0.39, 0.29) is 17.3 Å². The van der Waals surface area contributed by atoms with E-state index < -0.39 is 10.0 Å². The first-order chi connectivity index (χ1) is 13.3. The number of hydrogen-bond acceptors (Lipinski definition) is 3. The summed E-state index contributed by atoms with van der Waals surface area (Å²) in [6.07, 6.45) is 3.06. The largest absolute Gasteiger partial charge is 0.341 e. The number of amides is 1. The first kappa shape index (κ1) is 20.4. The highest BCUT2D eigenvalue weighted by Crippen LogP contribution is 2.28. The van der Waals surface area contributed by atoms with Crippen molar-refractivity contribution in [3.8, 4) is 0 Å². The first-order valence-electron chi connectivity index (χ1n) is 9.73. The van der Waals surface area contributed by atoms with Crippen LogP contribution in [0.25, 0.3) is 0 Å². The molecule has 1 fully saturated rings. The van der Waals surface area contributed by atoms with Gasteiger partial charge in [0.1, 0.15) is 6.54 Å². The summed E-state index contributed by atoms with van der Waals surface area (Å²) < 4.78 is 28.2. The van der Waals surface area contributed by atoms with Gasteiger partial charge in [-0.25, -0.2) is 8.42 Å². The maximum absolute atomic E-state index is 13.5. The van der Waals surface area contributed by atoms with Gasteiger partial charge >= 0.3 is 0 Å². The summed E-state index contributed by atoms with van der Waals surface area (Å²) in [5.74, 6) is -0.143. The SMILES string of the molecule is Cc1ccc(S(=O)(=O)N(CC(=O)N2CCCCC2)c2ccc(C)cc2C)cc1. The summed E-state index contributed by atoms with van der Waals surface area (Å²) in [7, 11) is -3.85. The van der Waals surface area contributed by atoms with Gasteiger partial charge in [0.2, 0.25) is 5.91 Å². The molecule has 0 aromatic heterocycles. The Labute approximate surface area is 168 Å². The molecular weight excluding hydrogens is 372 g/mol. The molecule has 1 saturated heterocycles. The summed E-state index contributed by atoms with van der Waals surface area (Å²) in [6, 6.07) is 12.4. The van der Waals surface area contributed by atoms with Crippen LogP contribution in [0.4, 0.5) is 5.69 Å². The molecule has 1 amide bonds. The lowest BCUT2D eigenvalue weighted by atomic mass is 10.1. The predicted molar refractivity (Wildman–Crippen MR) is 112 cm³/mol. The fourth-order valence-corrected chi connectivity index (χ4v) is 5.07. The number of hydrogen-bond donors (Lipinski definition) is 0. The van der Waals surface area contributed by atoms with Crippen molar-refractivity contribution in [2.75, 3.05) is 23.9 Å². The van der Waals surface area contributed by atoms with E-state index in [1.807, 2.05) is 32.9 Å². The van der Waals surface area contributed by atoms with Gasteiger partial charge in [-0.3, -0.25) is 9.10 Å². The molecule has 0 aliphatic carbocycles. The Kier molecular flexibility index (Phi) is 6.08. The van der Waals surface area contributed by atoms with E-state index >= 15 is 0 Å². The average Bonchev–Trinajstić information content (AvgIpc) is 2.67. The molecular formula is C22H28N2O3S. The Morgan fingerprint density at radius 2 is 1.54 bits per heavy atom. The number of benzene rings is 2. The second kappa shape index (κ2) is 8.35. The minimum absolute atomic E-state index is 0.143. The molecule has 1 aliphatic heterocycles. The summed E-state index contributed by atoms with van der Waals surface area (Å²) >= 11 is 0. The van der Waals surface area contributed by atoms with Crippen molar-refractivity contribution in [3.63, 3.8) is 0 Å². The molecule has 28 heavy (non-hydrogen) atoms. The fraction of sp³-hybridized carbons (Fsp3) is 0.409. The van der Waals surface area contributed by atoms with Crippen LogP contribution in [-0.4, -0.2) is 38.9 Å². The van der Waals surface area contributed by atoms with Crippen LogP contribution in [0.15, 0.2) is 47.4 Å². The molecule has 0 unspecified atom stereocenters.